The Labute approximate surface area is 149 Å². The van der Waals surface area contributed by atoms with Gasteiger partial charge in [-0.25, -0.2) is 4.79 Å². The minimum absolute atomic E-state index is 0.0214. The third kappa shape index (κ3) is 4.65. The van der Waals surface area contributed by atoms with Gasteiger partial charge in [0, 0.05) is 26.2 Å². The summed E-state index contributed by atoms with van der Waals surface area (Å²) in [5, 5.41) is 0. The lowest BCUT2D eigenvalue weighted by atomic mass is 10.1. The lowest BCUT2D eigenvalue weighted by Gasteiger charge is -2.35. The van der Waals surface area contributed by atoms with Gasteiger partial charge >= 0.3 is 6.09 Å². The zero-order valence-electron chi connectivity index (χ0n) is 15.6. The Morgan fingerprint density at radius 2 is 1.72 bits per heavy atom. The zero-order chi connectivity index (χ0) is 18.4. The highest BCUT2D eigenvalue weighted by Gasteiger charge is 2.30. The maximum Gasteiger partial charge on any atom is 0.409 e. The highest BCUT2D eigenvalue weighted by molar-refractivity contribution is 5.81. The standard InChI is InChI=1S/C19H28N2O4/c1-5-16(25-17-9-7-8-14(3)15(17)4)18(22)20-10-12-21(13-11-20)19(23)24-6-2/h7-9,16H,5-6,10-13H2,1-4H3/t16-/m0/s1. The van der Waals surface area contributed by atoms with Crippen LogP contribution in [0.15, 0.2) is 18.2 Å². The van der Waals surface area contributed by atoms with E-state index in [4.69, 9.17) is 9.47 Å². The minimum atomic E-state index is -0.505. The SMILES string of the molecule is CCOC(=O)N1CCN(C(=O)[C@H](CC)Oc2cccc(C)c2C)CC1. The molecule has 1 aliphatic heterocycles. The summed E-state index contributed by atoms with van der Waals surface area (Å²) in [5.41, 5.74) is 2.20. The number of hydrogen-bond acceptors (Lipinski definition) is 4. The first-order valence-corrected chi connectivity index (χ1v) is 8.91. The summed E-state index contributed by atoms with van der Waals surface area (Å²) in [6, 6.07) is 5.86. The van der Waals surface area contributed by atoms with Crippen molar-refractivity contribution in [2.75, 3.05) is 32.8 Å². The predicted octanol–water partition coefficient (Wildman–Crippen LogP) is 2.76. The molecule has 0 radical (unpaired) electrons. The monoisotopic (exact) mass is 348 g/mol. The van der Waals surface area contributed by atoms with E-state index in [1.807, 2.05) is 39.0 Å². The maximum absolute atomic E-state index is 12.8. The zero-order valence-corrected chi connectivity index (χ0v) is 15.6. The maximum atomic E-state index is 12.8. The first kappa shape index (κ1) is 19.1. The van der Waals surface area contributed by atoms with Crippen LogP contribution >= 0.6 is 0 Å². The molecule has 0 aromatic heterocycles. The molecule has 1 aliphatic rings. The van der Waals surface area contributed by atoms with Crippen molar-refractivity contribution in [3.63, 3.8) is 0 Å². The van der Waals surface area contributed by atoms with E-state index in [1.165, 1.54) is 0 Å². The number of benzene rings is 1. The van der Waals surface area contributed by atoms with Crippen LogP contribution < -0.4 is 4.74 Å². The van der Waals surface area contributed by atoms with E-state index >= 15 is 0 Å². The molecule has 0 bridgehead atoms. The molecule has 25 heavy (non-hydrogen) atoms. The van der Waals surface area contributed by atoms with E-state index in [0.29, 0.717) is 39.2 Å². The summed E-state index contributed by atoms with van der Waals surface area (Å²) >= 11 is 0. The van der Waals surface area contributed by atoms with Gasteiger partial charge in [-0.15, -0.1) is 0 Å². The smallest absolute Gasteiger partial charge is 0.409 e. The van der Waals surface area contributed by atoms with Crippen molar-refractivity contribution < 1.29 is 19.1 Å². The molecule has 0 unspecified atom stereocenters. The summed E-state index contributed by atoms with van der Waals surface area (Å²) in [4.78, 5) is 28.0. The van der Waals surface area contributed by atoms with Gasteiger partial charge in [-0.1, -0.05) is 19.1 Å². The molecular weight excluding hydrogens is 320 g/mol. The molecule has 0 N–H and O–H groups in total. The molecule has 0 saturated carbocycles. The Kier molecular flexibility index (Phi) is 6.67. The van der Waals surface area contributed by atoms with Gasteiger partial charge in [0.25, 0.3) is 5.91 Å². The number of ether oxygens (including phenoxy) is 2. The number of aryl methyl sites for hydroxylation is 1. The van der Waals surface area contributed by atoms with Crippen molar-refractivity contribution in [3.8, 4) is 5.75 Å². The minimum Gasteiger partial charge on any atom is -0.480 e. The molecule has 1 atom stereocenters. The molecule has 1 aromatic rings. The van der Waals surface area contributed by atoms with Crippen LogP contribution in [-0.4, -0.2) is 60.7 Å². The number of carbonyl (C=O) groups excluding carboxylic acids is 2. The van der Waals surface area contributed by atoms with Crippen LogP contribution in [0.3, 0.4) is 0 Å². The van der Waals surface area contributed by atoms with Gasteiger partial charge in [-0.2, -0.15) is 0 Å². The highest BCUT2D eigenvalue weighted by Crippen LogP contribution is 2.23. The molecule has 138 valence electrons. The Bertz CT molecular complexity index is 609. The molecule has 0 aliphatic carbocycles. The number of nitrogens with zero attached hydrogens (tertiary/aromatic N) is 2. The average molecular weight is 348 g/mol. The summed E-state index contributed by atoms with van der Waals surface area (Å²) in [5.74, 6) is 0.734. The molecule has 1 saturated heterocycles. The van der Waals surface area contributed by atoms with E-state index in [2.05, 4.69) is 0 Å². The lowest BCUT2D eigenvalue weighted by Crippen LogP contribution is -2.53. The molecule has 6 heteroatoms. The largest absolute Gasteiger partial charge is 0.480 e. The van der Waals surface area contributed by atoms with Crippen LogP contribution in [0.1, 0.15) is 31.4 Å². The van der Waals surface area contributed by atoms with Crippen molar-refractivity contribution in [1.82, 2.24) is 9.80 Å². The van der Waals surface area contributed by atoms with Gasteiger partial charge < -0.3 is 19.3 Å². The van der Waals surface area contributed by atoms with Gasteiger partial charge in [0.15, 0.2) is 6.10 Å². The second kappa shape index (κ2) is 8.74. The summed E-state index contributed by atoms with van der Waals surface area (Å²) in [6.45, 7) is 10.1. The highest BCUT2D eigenvalue weighted by atomic mass is 16.6. The predicted molar refractivity (Wildman–Crippen MR) is 95.8 cm³/mol. The molecule has 1 aromatic carbocycles. The fourth-order valence-corrected chi connectivity index (χ4v) is 2.84. The first-order chi connectivity index (χ1) is 12.0. The van der Waals surface area contributed by atoms with Gasteiger partial charge in [0.2, 0.25) is 0 Å². The summed E-state index contributed by atoms with van der Waals surface area (Å²) in [6.07, 6.45) is -0.215. The number of carbonyl (C=O) groups is 2. The second-order valence-electron chi connectivity index (χ2n) is 6.22. The topological polar surface area (TPSA) is 59.1 Å². The second-order valence-corrected chi connectivity index (χ2v) is 6.22. The first-order valence-electron chi connectivity index (χ1n) is 8.91. The van der Waals surface area contributed by atoms with Crippen molar-refractivity contribution in [3.05, 3.63) is 29.3 Å². The Morgan fingerprint density at radius 1 is 1.08 bits per heavy atom. The molecular formula is C19H28N2O4. The van der Waals surface area contributed by atoms with Gasteiger partial charge in [0.05, 0.1) is 6.61 Å². The lowest BCUT2D eigenvalue weighted by molar-refractivity contribution is -0.140. The van der Waals surface area contributed by atoms with Crippen LogP contribution in [0.5, 0.6) is 5.75 Å². The van der Waals surface area contributed by atoms with Crippen LogP contribution in [0.25, 0.3) is 0 Å². The number of piperazine rings is 1. The Balaban J connectivity index is 1.96. The number of amides is 2. The molecule has 2 rings (SSSR count). The number of rotatable bonds is 5. The molecule has 2 amide bonds. The van der Waals surface area contributed by atoms with Gasteiger partial charge in [-0.05, 0) is 44.4 Å². The number of hydrogen-bond donors (Lipinski definition) is 0. The fraction of sp³-hybridized carbons (Fsp3) is 0.579. The molecule has 1 fully saturated rings. The van der Waals surface area contributed by atoms with Crippen LogP contribution in [0.4, 0.5) is 4.79 Å². The normalized spacial score (nSPS) is 15.7. The van der Waals surface area contributed by atoms with Crippen molar-refractivity contribution >= 4 is 12.0 Å². The Morgan fingerprint density at radius 3 is 2.32 bits per heavy atom. The van der Waals surface area contributed by atoms with E-state index in [-0.39, 0.29) is 12.0 Å². The average Bonchev–Trinajstić information content (AvgIpc) is 2.63. The van der Waals surface area contributed by atoms with Gasteiger partial charge in [-0.3, -0.25) is 4.79 Å². The summed E-state index contributed by atoms with van der Waals surface area (Å²) in [7, 11) is 0. The van der Waals surface area contributed by atoms with E-state index in [9.17, 15) is 9.59 Å². The van der Waals surface area contributed by atoms with Crippen LogP contribution in [0, 0.1) is 13.8 Å². The summed E-state index contributed by atoms with van der Waals surface area (Å²) < 4.78 is 11.0. The quantitative estimate of drug-likeness (QED) is 0.821. The third-order valence-corrected chi connectivity index (χ3v) is 4.59. The van der Waals surface area contributed by atoms with E-state index in [0.717, 1.165) is 16.9 Å². The van der Waals surface area contributed by atoms with Gasteiger partial charge in [0.1, 0.15) is 5.75 Å². The van der Waals surface area contributed by atoms with Crippen molar-refractivity contribution in [1.29, 1.82) is 0 Å². The van der Waals surface area contributed by atoms with Crippen molar-refractivity contribution in [2.24, 2.45) is 0 Å². The van der Waals surface area contributed by atoms with E-state index in [1.54, 1.807) is 16.7 Å². The van der Waals surface area contributed by atoms with E-state index < -0.39 is 6.10 Å². The fourth-order valence-electron chi connectivity index (χ4n) is 2.84. The Hall–Kier alpha value is -2.24. The van der Waals surface area contributed by atoms with Crippen LogP contribution in [-0.2, 0) is 9.53 Å². The van der Waals surface area contributed by atoms with Crippen LogP contribution in [0.2, 0.25) is 0 Å². The molecule has 6 nitrogen and oxygen atoms in total. The van der Waals surface area contributed by atoms with Crippen molar-refractivity contribution in [2.45, 2.75) is 40.2 Å². The third-order valence-electron chi connectivity index (χ3n) is 4.59. The molecule has 0 spiro atoms. The molecule has 1 heterocycles.